The predicted octanol–water partition coefficient (Wildman–Crippen LogP) is 2.46. The zero-order valence-corrected chi connectivity index (χ0v) is 11.7. The van der Waals surface area contributed by atoms with E-state index < -0.39 is 11.9 Å². The number of alkyl halides is 3. The number of anilines is 1. The maximum absolute atomic E-state index is 12.5. The Morgan fingerprint density at radius 3 is 2.62 bits per heavy atom. The normalized spacial score (nSPS) is 23.4. The van der Waals surface area contributed by atoms with Crippen molar-refractivity contribution in [3.05, 3.63) is 17.8 Å². The lowest BCUT2D eigenvalue weighted by molar-refractivity contribution is -0.141. The molecule has 0 aromatic carbocycles. The van der Waals surface area contributed by atoms with Gasteiger partial charge in [0.25, 0.3) is 0 Å². The highest BCUT2D eigenvalue weighted by Gasteiger charge is 2.33. The molecule has 1 aliphatic carbocycles. The van der Waals surface area contributed by atoms with E-state index in [1.807, 2.05) is 4.90 Å². The second kappa shape index (κ2) is 5.79. The van der Waals surface area contributed by atoms with Gasteiger partial charge >= 0.3 is 6.18 Å². The number of nitrogens with zero attached hydrogens (tertiary/aromatic N) is 3. The van der Waals surface area contributed by atoms with Crippen molar-refractivity contribution < 1.29 is 13.2 Å². The molecule has 0 spiro atoms. The molecular weight excluding hydrogens is 281 g/mol. The molecule has 1 aliphatic heterocycles. The van der Waals surface area contributed by atoms with Crippen molar-refractivity contribution in [1.29, 1.82) is 0 Å². The molecule has 2 fully saturated rings. The molecule has 1 unspecified atom stereocenters. The average Bonchev–Trinajstić information content (AvgIpc) is 3.29. The molecule has 1 aromatic heterocycles. The van der Waals surface area contributed by atoms with Crippen LogP contribution in [0.15, 0.2) is 12.1 Å². The molecule has 2 aliphatic rings. The number of halogens is 3. The maximum atomic E-state index is 12.5. The average molecular weight is 300 g/mol. The van der Waals surface area contributed by atoms with Gasteiger partial charge in [-0.25, -0.2) is 0 Å². The summed E-state index contributed by atoms with van der Waals surface area (Å²) in [4.78, 5) is 2.04. The third-order valence-corrected chi connectivity index (χ3v) is 4.06. The van der Waals surface area contributed by atoms with Gasteiger partial charge in [-0.2, -0.15) is 13.2 Å². The molecule has 116 valence electrons. The van der Waals surface area contributed by atoms with Gasteiger partial charge in [0.2, 0.25) is 0 Å². The Hall–Kier alpha value is -1.37. The van der Waals surface area contributed by atoms with Gasteiger partial charge in [0, 0.05) is 19.1 Å². The second-order valence-electron chi connectivity index (χ2n) is 5.91. The summed E-state index contributed by atoms with van der Waals surface area (Å²) in [6.07, 6.45) is 0.301. The van der Waals surface area contributed by atoms with Crippen LogP contribution in [0.4, 0.5) is 19.0 Å². The van der Waals surface area contributed by atoms with Gasteiger partial charge in [-0.05, 0) is 50.3 Å². The van der Waals surface area contributed by atoms with Crippen LogP contribution in [-0.4, -0.2) is 35.9 Å². The summed E-state index contributed by atoms with van der Waals surface area (Å²) < 4.78 is 37.4. The van der Waals surface area contributed by atoms with E-state index in [1.54, 1.807) is 0 Å². The number of hydrogen-bond donors (Lipinski definition) is 1. The molecule has 2 heterocycles. The van der Waals surface area contributed by atoms with Crippen LogP contribution in [0.3, 0.4) is 0 Å². The molecule has 1 atom stereocenters. The zero-order valence-electron chi connectivity index (χ0n) is 11.7. The first-order chi connectivity index (χ1) is 10.0. The van der Waals surface area contributed by atoms with Crippen LogP contribution in [0, 0.1) is 5.92 Å². The van der Waals surface area contributed by atoms with E-state index in [-0.39, 0.29) is 0 Å². The van der Waals surface area contributed by atoms with Gasteiger partial charge in [-0.1, -0.05) is 0 Å². The Balaban J connectivity index is 1.59. The molecule has 1 aromatic rings. The molecule has 0 bridgehead atoms. The summed E-state index contributed by atoms with van der Waals surface area (Å²) in [5.74, 6) is 1.07. The molecule has 3 rings (SSSR count). The summed E-state index contributed by atoms with van der Waals surface area (Å²) in [5, 5.41) is 10.6. The fourth-order valence-electron chi connectivity index (χ4n) is 2.71. The number of piperidine rings is 1. The first-order valence-electron chi connectivity index (χ1n) is 7.41. The fraction of sp³-hybridized carbons (Fsp3) is 0.714. The molecule has 0 radical (unpaired) electrons. The van der Waals surface area contributed by atoms with Crippen LogP contribution >= 0.6 is 0 Å². The van der Waals surface area contributed by atoms with Crippen molar-refractivity contribution in [2.45, 2.75) is 37.9 Å². The van der Waals surface area contributed by atoms with E-state index in [1.165, 1.54) is 18.9 Å². The van der Waals surface area contributed by atoms with Gasteiger partial charge in [0.1, 0.15) is 0 Å². The smallest absolute Gasteiger partial charge is 0.355 e. The monoisotopic (exact) mass is 300 g/mol. The number of nitrogens with one attached hydrogen (secondary N) is 1. The molecule has 7 heteroatoms. The van der Waals surface area contributed by atoms with Crippen molar-refractivity contribution in [3.63, 3.8) is 0 Å². The summed E-state index contributed by atoms with van der Waals surface area (Å²) >= 11 is 0. The van der Waals surface area contributed by atoms with Gasteiger partial charge in [0.15, 0.2) is 11.5 Å². The van der Waals surface area contributed by atoms with Crippen molar-refractivity contribution in [3.8, 4) is 0 Å². The van der Waals surface area contributed by atoms with E-state index in [0.29, 0.717) is 17.8 Å². The third kappa shape index (κ3) is 3.84. The summed E-state index contributed by atoms with van der Waals surface area (Å²) in [6.45, 7) is 2.65. The zero-order chi connectivity index (χ0) is 14.9. The minimum atomic E-state index is -4.43. The van der Waals surface area contributed by atoms with Crippen LogP contribution in [0.25, 0.3) is 0 Å². The van der Waals surface area contributed by atoms with Gasteiger partial charge in [0.05, 0.1) is 0 Å². The molecule has 1 N–H and O–H groups in total. The SMILES string of the molecule is FC(F)(F)c1ccc(N2CCCC(CNC3CC3)C2)nn1. The first-order valence-corrected chi connectivity index (χ1v) is 7.41. The van der Waals surface area contributed by atoms with Crippen LogP contribution in [0.2, 0.25) is 0 Å². The fourth-order valence-corrected chi connectivity index (χ4v) is 2.71. The van der Waals surface area contributed by atoms with Crippen LogP contribution in [-0.2, 0) is 6.18 Å². The Morgan fingerprint density at radius 1 is 1.19 bits per heavy atom. The standard InChI is InChI=1S/C14H19F3N4/c15-14(16,17)12-5-6-13(20-19-12)21-7-1-2-10(9-21)8-18-11-3-4-11/h5-6,10-11,18H,1-4,7-9H2. The Labute approximate surface area is 121 Å². The highest BCUT2D eigenvalue weighted by atomic mass is 19.4. The Morgan fingerprint density at radius 2 is 2.00 bits per heavy atom. The lowest BCUT2D eigenvalue weighted by Crippen LogP contribution is -2.40. The predicted molar refractivity (Wildman–Crippen MR) is 73.0 cm³/mol. The van der Waals surface area contributed by atoms with Gasteiger partial charge in [-0.15, -0.1) is 10.2 Å². The molecule has 1 saturated carbocycles. The van der Waals surface area contributed by atoms with E-state index in [9.17, 15) is 13.2 Å². The van der Waals surface area contributed by atoms with E-state index in [0.717, 1.165) is 38.5 Å². The molecule has 4 nitrogen and oxygen atoms in total. The highest BCUT2D eigenvalue weighted by Crippen LogP contribution is 2.28. The summed E-state index contributed by atoms with van der Waals surface area (Å²) in [7, 11) is 0. The van der Waals surface area contributed by atoms with Crippen molar-refractivity contribution in [2.75, 3.05) is 24.5 Å². The maximum Gasteiger partial charge on any atom is 0.435 e. The Bertz CT molecular complexity index is 470. The third-order valence-electron chi connectivity index (χ3n) is 4.06. The topological polar surface area (TPSA) is 41.0 Å². The highest BCUT2D eigenvalue weighted by molar-refractivity contribution is 5.38. The molecule has 21 heavy (non-hydrogen) atoms. The largest absolute Gasteiger partial charge is 0.435 e. The lowest BCUT2D eigenvalue weighted by atomic mass is 9.98. The van der Waals surface area contributed by atoms with E-state index in [2.05, 4.69) is 15.5 Å². The molecular formula is C14H19F3N4. The van der Waals surface area contributed by atoms with Crippen molar-refractivity contribution >= 4 is 5.82 Å². The first kappa shape index (κ1) is 14.6. The summed E-state index contributed by atoms with van der Waals surface area (Å²) in [6, 6.07) is 3.12. The van der Waals surface area contributed by atoms with E-state index in [4.69, 9.17) is 0 Å². The van der Waals surface area contributed by atoms with Crippen LogP contribution in [0.5, 0.6) is 0 Å². The quantitative estimate of drug-likeness (QED) is 0.927. The second-order valence-corrected chi connectivity index (χ2v) is 5.91. The number of hydrogen-bond acceptors (Lipinski definition) is 4. The van der Waals surface area contributed by atoms with Crippen molar-refractivity contribution in [1.82, 2.24) is 15.5 Å². The number of rotatable bonds is 4. The minimum absolute atomic E-state index is 0.531. The van der Waals surface area contributed by atoms with Gasteiger partial charge in [-0.3, -0.25) is 0 Å². The molecule has 1 saturated heterocycles. The Kier molecular flexibility index (Phi) is 4.01. The number of aromatic nitrogens is 2. The minimum Gasteiger partial charge on any atom is -0.355 e. The summed E-state index contributed by atoms with van der Waals surface area (Å²) in [5.41, 5.74) is -0.935. The molecule has 0 amide bonds. The van der Waals surface area contributed by atoms with Crippen molar-refractivity contribution in [2.24, 2.45) is 5.92 Å². The lowest BCUT2D eigenvalue weighted by Gasteiger charge is -2.33. The van der Waals surface area contributed by atoms with Crippen LogP contribution in [0.1, 0.15) is 31.4 Å². The van der Waals surface area contributed by atoms with E-state index >= 15 is 0 Å². The van der Waals surface area contributed by atoms with Gasteiger partial charge < -0.3 is 10.2 Å². The van der Waals surface area contributed by atoms with Crippen LogP contribution < -0.4 is 10.2 Å².